The lowest BCUT2D eigenvalue weighted by molar-refractivity contribution is 0.0435. The van der Waals surface area contributed by atoms with Gasteiger partial charge in [-0.05, 0) is 24.3 Å². The van der Waals surface area contributed by atoms with Crippen LogP contribution < -0.4 is 5.32 Å². The Bertz CT molecular complexity index is 309. The van der Waals surface area contributed by atoms with E-state index in [-0.39, 0.29) is 12.6 Å². The molecule has 0 unspecified atom stereocenters. The van der Waals surface area contributed by atoms with Gasteiger partial charge >= 0.3 is 0 Å². The van der Waals surface area contributed by atoms with Crippen LogP contribution in [0.15, 0.2) is 30.3 Å². The van der Waals surface area contributed by atoms with Crippen molar-refractivity contribution in [3.05, 3.63) is 35.9 Å². The molecule has 0 bridgehead atoms. The largest absolute Gasteiger partial charge is 0.395 e. The minimum absolute atomic E-state index is 0.194. The molecule has 0 aromatic heterocycles. The van der Waals surface area contributed by atoms with Crippen LogP contribution in [0.25, 0.3) is 0 Å². The zero-order valence-electron chi connectivity index (χ0n) is 10.1. The van der Waals surface area contributed by atoms with Gasteiger partial charge in [0.25, 0.3) is 0 Å². The van der Waals surface area contributed by atoms with E-state index < -0.39 is 0 Å². The molecule has 3 nitrogen and oxygen atoms in total. The number of hydrogen-bond acceptors (Lipinski definition) is 3. The third kappa shape index (κ3) is 3.80. The highest BCUT2D eigenvalue weighted by Gasteiger charge is 2.22. The van der Waals surface area contributed by atoms with Crippen molar-refractivity contribution >= 4 is 0 Å². The molecule has 1 aliphatic rings. The van der Waals surface area contributed by atoms with Gasteiger partial charge in [0, 0.05) is 25.8 Å². The fraction of sp³-hybridized carbons (Fsp3) is 0.571. The van der Waals surface area contributed by atoms with E-state index in [1.165, 1.54) is 5.56 Å². The van der Waals surface area contributed by atoms with Gasteiger partial charge in [-0.15, -0.1) is 0 Å². The summed E-state index contributed by atoms with van der Waals surface area (Å²) in [4.78, 5) is 0. The predicted octanol–water partition coefficient (Wildman–Crippen LogP) is 1.56. The molecule has 1 aromatic rings. The normalized spacial score (nSPS) is 19.1. The van der Waals surface area contributed by atoms with Crippen LogP contribution in [0.1, 0.15) is 18.4 Å². The van der Waals surface area contributed by atoms with E-state index in [9.17, 15) is 5.11 Å². The van der Waals surface area contributed by atoms with Gasteiger partial charge in [-0.25, -0.2) is 0 Å². The molecule has 17 heavy (non-hydrogen) atoms. The van der Waals surface area contributed by atoms with Crippen molar-refractivity contribution in [3.63, 3.8) is 0 Å². The number of benzene rings is 1. The third-order valence-corrected chi connectivity index (χ3v) is 3.44. The molecule has 1 aromatic carbocycles. The number of ether oxygens (including phenoxy) is 1. The smallest absolute Gasteiger partial charge is 0.0587 e. The minimum atomic E-state index is 0.194. The Kier molecular flexibility index (Phi) is 4.98. The standard InChI is InChI=1S/C14H21NO2/c16-11-14(13-6-8-17-9-7-13)15-10-12-4-2-1-3-5-12/h1-5,13-16H,6-11H2/t14-/m1/s1. The predicted molar refractivity (Wildman–Crippen MR) is 67.7 cm³/mol. The highest BCUT2D eigenvalue weighted by molar-refractivity contribution is 5.14. The summed E-state index contributed by atoms with van der Waals surface area (Å²) in [5.74, 6) is 0.539. The van der Waals surface area contributed by atoms with E-state index in [1.54, 1.807) is 0 Å². The van der Waals surface area contributed by atoms with E-state index in [4.69, 9.17) is 4.74 Å². The molecule has 3 heteroatoms. The zero-order chi connectivity index (χ0) is 11.9. The lowest BCUT2D eigenvalue weighted by Gasteiger charge is -2.29. The van der Waals surface area contributed by atoms with Gasteiger partial charge in [-0.2, -0.15) is 0 Å². The number of rotatable bonds is 5. The molecule has 1 atom stereocenters. The number of aliphatic hydroxyl groups excluding tert-OH is 1. The number of hydrogen-bond donors (Lipinski definition) is 2. The average Bonchev–Trinajstić information content (AvgIpc) is 2.42. The first kappa shape index (κ1) is 12.6. The summed E-state index contributed by atoms with van der Waals surface area (Å²) in [6.07, 6.45) is 2.10. The zero-order valence-corrected chi connectivity index (χ0v) is 10.1. The Morgan fingerprint density at radius 2 is 1.94 bits per heavy atom. The van der Waals surface area contributed by atoms with Crippen LogP contribution in [-0.4, -0.2) is 31.0 Å². The highest BCUT2D eigenvalue weighted by atomic mass is 16.5. The minimum Gasteiger partial charge on any atom is -0.395 e. The van der Waals surface area contributed by atoms with Crippen molar-refractivity contribution in [2.75, 3.05) is 19.8 Å². The molecule has 0 radical (unpaired) electrons. The molecule has 1 aliphatic heterocycles. The first-order valence-corrected chi connectivity index (χ1v) is 6.36. The summed E-state index contributed by atoms with van der Waals surface area (Å²) < 4.78 is 5.35. The molecule has 1 saturated heterocycles. The fourth-order valence-corrected chi connectivity index (χ4v) is 2.34. The van der Waals surface area contributed by atoms with Crippen molar-refractivity contribution in [3.8, 4) is 0 Å². The van der Waals surface area contributed by atoms with Crippen molar-refractivity contribution in [1.82, 2.24) is 5.32 Å². The summed E-state index contributed by atoms with van der Waals surface area (Å²) in [7, 11) is 0. The summed E-state index contributed by atoms with van der Waals surface area (Å²) >= 11 is 0. The van der Waals surface area contributed by atoms with Gasteiger partial charge in [0.05, 0.1) is 6.61 Å². The van der Waals surface area contributed by atoms with E-state index in [0.29, 0.717) is 5.92 Å². The Morgan fingerprint density at radius 3 is 2.59 bits per heavy atom. The van der Waals surface area contributed by atoms with E-state index in [1.807, 2.05) is 18.2 Å². The monoisotopic (exact) mass is 235 g/mol. The van der Waals surface area contributed by atoms with Crippen LogP contribution in [0.2, 0.25) is 0 Å². The van der Waals surface area contributed by atoms with Gasteiger partial charge in [0.2, 0.25) is 0 Å². The Labute approximate surface area is 103 Å². The molecule has 1 heterocycles. The molecule has 0 saturated carbocycles. The summed E-state index contributed by atoms with van der Waals surface area (Å²) in [5, 5.41) is 12.9. The van der Waals surface area contributed by atoms with Gasteiger partial charge in [-0.3, -0.25) is 0 Å². The first-order valence-electron chi connectivity index (χ1n) is 6.36. The highest BCUT2D eigenvalue weighted by Crippen LogP contribution is 2.18. The number of nitrogens with one attached hydrogen (secondary N) is 1. The van der Waals surface area contributed by atoms with Crippen molar-refractivity contribution in [2.45, 2.75) is 25.4 Å². The van der Waals surface area contributed by atoms with E-state index >= 15 is 0 Å². The van der Waals surface area contributed by atoms with Crippen molar-refractivity contribution < 1.29 is 9.84 Å². The summed E-state index contributed by atoms with van der Waals surface area (Å²) in [6, 6.07) is 10.5. The molecule has 1 fully saturated rings. The summed E-state index contributed by atoms with van der Waals surface area (Å²) in [5.41, 5.74) is 1.26. The van der Waals surface area contributed by atoms with Crippen LogP contribution in [0.4, 0.5) is 0 Å². The van der Waals surface area contributed by atoms with Gasteiger partial charge < -0.3 is 15.2 Å². The first-order chi connectivity index (χ1) is 8.40. The summed E-state index contributed by atoms with van der Waals surface area (Å²) in [6.45, 7) is 2.68. The Balaban J connectivity index is 1.82. The molecular weight excluding hydrogens is 214 g/mol. The van der Waals surface area contributed by atoms with Crippen LogP contribution in [0, 0.1) is 5.92 Å². The maximum atomic E-state index is 9.45. The Hall–Kier alpha value is -0.900. The van der Waals surface area contributed by atoms with Gasteiger partial charge in [0.15, 0.2) is 0 Å². The molecule has 0 spiro atoms. The van der Waals surface area contributed by atoms with Crippen LogP contribution in [0.3, 0.4) is 0 Å². The molecule has 0 amide bonds. The lowest BCUT2D eigenvalue weighted by Crippen LogP contribution is -2.41. The van der Waals surface area contributed by atoms with E-state index in [2.05, 4.69) is 17.4 Å². The van der Waals surface area contributed by atoms with E-state index in [0.717, 1.165) is 32.6 Å². The van der Waals surface area contributed by atoms with Crippen molar-refractivity contribution in [1.29, 1.82) is 0 Å². The SMILES string of the molecule is OC[C@@H](NCc1ccccc1)C1CCOCC1. The molecule has 94 valence electrons. The second-order valence-corrected chi connectivity index (χ2v) is 4.61. The number of aliphatic hydroxyl groups is 1. The van der Waals surface area contributed by atoms with Crippen molar-refractivity contribution in [2.24, 2.45) is 5.92 Å². The topological polar surface area (TPSA) is 41.5 Å². The van der Waals surface area contributed by atoms with Gasteiger partial charge in [0.1, 0.15) is 0 Å². The van der Waals surface area contributed by atoms with Crippen LogP contribution in [-0.2, 0) is 11.3 Å². The van der Waals surface area contributed by atoms with Crippen LogP contribution in [0.5, 0.6) is 0 Å². The molecule has 2 N–H and O–H groups in total. The second kappa shape index (κ2) is 6.74. The third-order valence-electron chi connectivity index (χ3n) is 3.44. The molecular formula is C14H21NO2. The second-order valence-electron chi connectivity index (χ2n) is 4.61. The molecule has 0 aliphatic carbocycles. The Morgan fingerprint density at radius 1 is 1.24 bits per heavy atom. The lowest BCUT2D eigenvalue weighted by atomic mass is 9.92. The average molecular weight is 235 g/mol. The van der Waals surface area contributed by atoms with Gasteiger partial charge in [-0.1, -0.05) is 30.3 Å². The quantitative estimate of drug-likeness (QED) is 0.814. The van der Waals surface area contributed by atoms with Crippen LogP contribution >= 0.6 is 0 Å². The maximum absolute atomic E-state index is 9.45. The maximum Gasteiger partial charge on any atom is 0.0587 e. The fourth-order valence-electron chi connectivity index (χ4n) is 2.34. The molecule has 2 rings (SSSR count).